The number of anilines is 1. The average molecular weight is 510 g/mol. The average Bonchev–Trinajstić information content (AvgIpc) is 3.45. The molecule has 0 atom stereocenters. The lowest BCUT2D eigenvalue weighted by Crippen LogP contribution is -2.26. The number of nitrogens with zero attached hydrogens (tertiary/aromatic N) is 3. The molecular weight excluding hydrogens is 486 g/mol. The van der Waals surface area contributed by atoms with Crippen molar-refractivity contribution in [1.82, 2.24) is 19.9 Å². The summed E-state index contributed by atoms with van der Waals surface area (Å²) in [5, 5.41) is 5.23. The van der Waals surface area contributed by atoms with Crippen molar-refractivity contribution in [2.24, 2.45) is 5.41 Å². The first-order chi connectivity index (χ1) is 17.8. The van der Waals surface area contributed by atoms with Crippen molar-refractivity contribution in [3.63, 3.8) is 0 Å². The van der Waals surface area contributed by atoms with Gasteiger partial charge in [0, 0.05) is 23.6 Å². The third-order valence-electron chi connectivity index (χ3n) is 6.50. The second-order valence-electron chi connectivity index (χ2n) is 10.1. The highest BCUT2D eigenvalue weighted by atomic mass is 32.1. The van der Waals surface area contributed by atoms with Gasteiger partial charge >= 0.3 is 0 Å². The summed E-state index contributed by atoms with van der Waals surface area (Å²) in [5.74, 6) is -0.228. The molecule has 2 aromatic carbocycles. The van der Waals surface area contributed by atoms with Gasteiger partial charge in [0.15, 0.2) is 11.6 Å². The molecule has 0 radical (unpaired) electrons. The van der Waals surface area contributed by atoms with Gasteiger partial charge < -0.3 is 4.98 Å². The van der Waals surface area contributed by atoms with Crippen LogP contribution in [-0.4, -0.2) is 37.4 Å². The minimum Gasteiger partial charge on any atom is -0.324 e. The molecule has 0 fully saturated rings. The number of carbonyl (C=O) groups is 3. The highest BCUT2D eigenvalue weighted by Gasteiger charge is 2.34. The Hall–Kier alpha value is -4.24. The maximum Gasteiger partial charge on any atom is 0.276 e. The van der Waals surface area contributed by atoms with Crippen molar-refractivity contribution >= 4 is 56.6 Å². The van der Waals surface area contributed by atoms with Crippen molar-refractivity contribution in [3.8, 4) is 0 Å². The van der Waals surface area contributed by atoms with E-state index in [1.807, 2.05) is 24.3 Å². The predicted octanol–water partition coefficient (Wildman–Crippen LogP) is 5.40. The van der Waals surface area contributed by atoms with Crippen LogP contribution in [0, 0.1) is 5.41 Å². The minimum absolute atomic E-state index is 0.0834. The van der Waals surface area contributed by atoms with Crippen molar-refractivity contribution in [2.75, 3.05) is 5.32 Å². The molecule has 3 aromatic heterocycles. The number of nitrogens with one attached hydrogen (secondary N) is 2. The van der Waals surface area contributed by atoms with E-state index in [2.05, 4.69) is 39.1 Å². The number of fused-ring (bicyclic) bond motifs is 3. The van der Waals surface area contributed by atoms with Crippen LogP contribution >= 0.6 is 11.3 Å². The number of hydrogen-bond donors (Lipinski definition) is 2. The zero-order chi connectivity index (χ0) is 25.7. The van der Waals surface area contributed by atoms with Crippen LogP contribution in [0.5, 0.6) is 0 Å². The quantitative estimate of drug-likeness (QED) is 0.306. The molecule has 0 bridgehead atoms. The van der Waals surface area contributed by atoms with Gasteiger partial charge in [-0.1, -0.05) is 44.2 Å². The van der Waals surface area contributed by atoms with E-state index in [1.54, 1.807) is 30.5 Å². The molecule has 0 saturated carbocycles. The highest BCUT2D eigenvalue weighted by Crippen LogP contribution is 2.37. The second kappa shape index (κ2) is 8.70. The fraction of sp³-hybridized carbons (Fsp3) is 0.214. The number of pyridine rings is 1. The maximum absolute atomic E-state index is 13.3. The van der Waals surface area contributed by atoms with Crippen LogP contribution in [0.15, 0.2) is 54.7 Å². The third kappa shape index (κ3) is 4.42. The van der Waals surface area contributed by atoms with E-state index in [-0.39, 0.29) is 35.0 Å². The lowest BCUT2D eigenvalue weighted by molar-refractivity contribution is 0.0914. The van der Waals surface area contributed by atoms with E-state index >= 15 is 0 Å². The normalized spacial score (nSPS) is 14.6. The fourth-order valence-electron chi connectivity index (χ4n) is 4.77. The standard InChI is InChI=1S/C28H23N5O3S/c1-28(2)12-20-25(22(35)13-28)37-23(30-20)11-21(34)17-8-5-9-18-24(17)32-27(31-18)33-26(36)19-10-15-6-3-4-7-16(15)14-29-19/h3-10,14H,11-13H2,1-2H3,(H2,31,32,33,36). The molecule has 2 N–H and O–H groups in total. The van der Waals surface area contributed by atoms with Gasteiger partial charge in [0.1, 0.15) is 16.2 Å². The van der Waals surface area contributed by atoms with Gasteiger partial charge in [0.05, 0.1) is 22.5 Å². The van der Waals surface area contributed by atoms with Crippen LogP contribution in [0.25, 0.3) is 21.8 Å². The molecule has 184 valence electrons. The summed E-state index contributed by atoms with van der Waals surface area (Å²) in [6.45, 7) is 4.12. The Labute approximate surface area is 216 Å². The summed E-state index contributed by atoms with van der Waals surface area (Å²) in [7, 11) is 0. The van der Waals surface area contributed by atoms with Gasteiger partial charge in [-0.15, -0.1) is 11.3 Å². The number of para-hydroxylation sites is 1. The zero-order valence-corrected chi connectivity index (χ0v) is 21.1. The second-order valence-corrected chi connectivity index (χ2v) is 11.2. The Balaban J connectivity index is 1.24. The van der Waals surface area contributed by atoms with Gasteiger partial charge in [0.25, 0.3) is 5.91 Å². The smallest absolute Gasteiger partial charge is 0.276 e. The molecule has 6 rings (SSSR count). The summed E-state index contributed by atoms with van der Waals surface area (Å²) < 4.78 is 0. The number of amides is 1. The van der Waals surface area contributed by atoms with E-state index < -0.39 is 5.91 Å². The lowest BCUT2D eigenvalue weighted by Gasteiger charge is -2.26. The van der Waals surface area contributed by atoms with Gasteiger partial charge in [0.2, 0.25) is 5.95 Å². The number of benzene rings is 2. The number of thiazole rings is 1. The summed E-state index contributed by atoms with van der Waals surface area (Å²) in [6.07, 6.45) is 2.96. The predicted molar refractivity (Wildman–Crippen MR) is 142 cm³/mol. The molecule has 5 aromatic rings. The number of rotatable bonds is 5. The van der Waals surface area contributed by atoms with Crippen molar-refractivity contribution in [2.45, 2.75) is 33.1 Å². The molecule has 0 saturated heterocycles. The first kappa shape index (κ1) is 23.2. The molecule has 0 unspecified atom stereocenters. The van der Waals surface area contributed by atoms with Gasteiger partial charge in [-0.25, -0.2) is 9.97 Å². The number of carbonyl (C=O) groups excluding carboxylic acids is 3. The summed E-state index contributed by atoms with van der Waals surface area (Å²) in [5.41, 5.74) is 2.46. The summed E-state index contributed by atoms with van der Waals surface area (Å²) in [6, 6.07) is 14.7. The Morgan fingerprint density at radius 2 is 1.86 bits per heavy atom. The van der Waals surface area contributed by atoms with E-state index in [0.29, 0.717) is 32.9 Å². The molecule has 37 heavy (non-hydrogen) atoms. The first-order valence-electron chi connectivity index (χ1n) is 12.0. The maximum atomic E-state index is 13.3. The van der Waals surface area contributed by atoms with Crippen LogP contribution < -0.4 is 5.32 Å². The van der Waals surface area contributed by atoms with Gasteiger partial charge in [-0.3, -0.25) is 24.7 Å². The molecular formula is C28H23N5O3S. The Kier molecular flexibility index (Phi) is 5.45. The number of aromatic amines is 1. The molecule has 0 spiro atoms. The summed E-state index contributed by atoms with van der Waals surface area (Å²) in [4.78, 5) is 55.7. The Morgan fingerprint density at radius 3 is 2.70 bits per heavy atom. The molecule has 1 amide bonds. The van der Waals surface area contributed by atoms with Crippen LogP contribution in [0.4, 0.5) is 5.95 Å². The first-order valence-corrected chi connectivity index (χ1v) is 12.8. The third-order valence-corrected chi connectivity index (χ3v) is 7.64. The fourth-order valence-corrected chi connectivity index (χ4v) is 5.79. The molecule has 1 aliphatic carbocycles. The number of hydrogen-bond acceptors (Lipinski definition) is 7. The largest absolute Gasteiger partial charge is 0.324 e. The Bertz CT molecular complexity index is 1730. The molecule has 8 nitrogen and oxygen atoms in total. The number of aromatic nitrogens is 4. The van der Waals surface area contributed by atoms with E-state index in [4.69, 9.17) is 0 Å². The SMILES string of the molecule is CC1(C)CC(=O)c2sc(CC(=O)c3cccc4[nH]c(NC(=O)c5cc6ccccc6cn5)nc34)nc2C1. The number of imidazole rings is 1. The van der Waals surface area contributed by atoms with Crippen LogP contribution in [0.1, 0.15) is 61.5 Å². The van der Waals surface area contributed by atoms with Gasteiger partial charge in [-0.05, 0) is 35.4 Å². The van der Waals surface area contributed by atoms with E-state index in [9.17, 15) is 14.4 Å². The number of ketones is 2. The van der Waals surface area contributed by atoms with Crippen molar-refractivity contribution < 1.29 is 14.4 Å². The van der Waals surface area contributed by atoms with Gasteiger partial charge in [-0.2, -0.15) is 0 Å². The minimum atomic E-state index is -0.404. The van der Waals surface area contributed by atoms with Crippen molar-refractivity contribution in [1.29, 1.82) is 0 Å². The van der Waals surface area contributed by atoms with Crippen molar-refractivity contribution in [3.05, 3.63) is 81.6 Å². The summed E-state index contributed by atoms with van der Waals surface area (Å²) >= 11 is 1.31. The highest BCUT2D eigenvalue weighted by molar-refractivity contribution is 7.14. The molecule has 0 aliphatic heterocycles. The van der Waals surface area contributed by atoms with Crippen LogP contribution in [-0.2, 0) is 12.8 Å². The Morgan fingerprint density at radius 1 is 1.05 bits per heavy atom. The number of Topliss-reactive ketones (excluding diaryl/α,β-unsaturated/α-hetero) is 2. The van der Waals surface area contributed by atoms with E-state index in [0.717, 1.165) is 22.9 Å². The molecule has 1 aliphatic rings. The zero-order valence-electron chi connectivity index (χ0n) is 20.3. The molecule has 9 heteroatoms. The lowest BCUT2D eigenvalue weighted by atomic mass is 9.78. The topological polar surface area (TPSA) is 118 Å². The number of H-pyrrole nitrogens is 1. The molecule has 3 heterocycles. The monoisotopic (exact) mass is 509 g/mol. The van der Waals surface area contributed by atoms with Crippen LogP contribution in [0.3, 0.4) is 0 Å². The van der Waals surface area contributed by atoms with Crippen LogP contribution in [0.2, 0.25) is 0 Å². The van der Waals surface area contributed by atoms with E-state index in [1.165, 1.54) is 11.3 Å².